The molecule has 0 fully saturated rings. The van der Waals surface area contributed by atoms with Crippen molar-refractivity contribution in [3.8, 4) is 11.3 Å². The number of aromatic nitrogens is 1. The number of hydrogen-bond donors (Lipinski definition) is 0. The van der Waals surface area contributed by atoms with Gasteiger partial charge in [0.15, 0.2) is 7.14 Å². The fraction of sp³-hybridized carbons (Fsp3) is 0. The highest BCUT2D eigenvalue weighted by Gasteiger charge is 2.29. The van der Waals surface area contributed by atoms with E-state index in [2.05, 4.69) is 4.98 Å². The van der Waals surface area contributed by atoms with E-state index in [0.717, 1.165) is 6.07 Å². The van der Waals surface area contributed by atoms with Gasteiger partial charge in [0.2, 0.25) is 0 Å². The second-order valence-corrected chi connectivity index (χ2v) is 9.07. The topological polar surface area (TPSA) is 30.0 Å². The van der Waals surface area contributed by atoms with Gasteiger partial charge < -0.3 is 4.57 Å². The maximum atomic E-state index is 14.2. The Balaban J connectivity index is 1.83. The maximum absolute atomic E-state index is 14.2. The molecule has 3 aromatic carbocycles. The molecule has 0 radical (unpaired) electrons. The number of nitrogens with zero attached hydrogens (tertiary/aromatic N) is 1. The standard InChI is InChI=1S/C23H16F2NOP/c24-17-11-13-21(22(25)15-17)23-14-12-20(16-26-23)28(27,18-7-3-1-4-8-18)19-9-5-2-6-10-19/h1-16H. The second kappa shape index (κ2) is 7.49. The average molecular weight is 391 g/mol. The Morgan fingerprint density at radius 2 is 1.29 bits per heavy atom. The molecule has 1 heterocycles. The quantitative estimate of drug-likeness (QED) is 0.474. The first-order valence-corrected chi connectivity index (χ1v) is 10.4. The molecule has 28 heavy (non-hydrogen) atoms. The van der Waals surface area contributed by atoms with Crippen molar-refractivity contribution < 1.29 is 13.3 Å². The Bertz CT molecular complexity index is 1100. The molecule has 5 heteroatoms. The van der Waals surface area contributed by atoms with Gasteiger partial charge in [-0.3, -0.25) is 4.98 Å². The van der Waals surface area contributed by atoms with Gasteiger partial charge in [0.05, 0.1) is 5.69 Å². The molecule has 0 aliphatic carbocycles. The van der Waals surface area contributed by atoms with Crippen molar-refractivity contribution in [2.75, 3.05) is 0 Å². The Kier molecular flexibility index (Phi) is 4.89. The molecular formula is C23H16F2NOP. The number of pyridine rings is 1. The molecular weight excluding hydrogens is 375 g/mol. The molecule has 0 aliphatic rings. The highest BCUT2D eigenvalue weighted by atomic mass is 31.2. The highest BCUT2D eigenvalue weighted by Crippen LogP contribution is 2.42. The van der Waals surface area contributed by atoms with Gasteiger partial charge in [-0.15, -0.1) is 0 Å². The van der Waals surface area contributed by atoms with E-state index in [9.17, 15) is 13.3 Å². The number of rotatable bonds is 4. The van der Waals surface area contributed by atoms with Crippen LogP contribution in [-0.2, 0) is 4.57 Å². The minimum Gasteiger partial charge on any atom is -0.309 e. The van der Waals surface area contributed by atoms with E-state index in [0.29, 0.717) is 21.6 Å². The Morgan fingerprint density at radius 1 is 0.679 bits per heavy atom. The lowest BCUT2D eigenvalue weighted by Crippen LogP contribution is -2.25. The van der Waals surface area contributed by atoms with Crippen LogP contribution in [0.4, 0.5) is 8.78 Å². The highest BCUT2D eigenvalue weighted by molar-refractivity contribution is 7.85. The predicted octanol–water partition coefficient (Wildman–Crippen LogP) is 4.67. The summed E-state index contributed by atoms with van der Waals surface area (Å²) in [6.07, 6.45) is 1.51. The van der Waals surface area contributed by atoms with E-state index in [1.807, 2.05) is 60.7 Å². The first-order chi connectivity index (χ1) is 13.6. The summed E-state index contributed by atoms with van der Waals surface area (Å²) in [5.41, 5.74) is 0.552. The van der Waals surface area contributed by atoms with Crippen LogP contribution in [0.2, 0.25) is 0 Å². The molecule has 0 N–H and O–H groups in total. The van der Waals surface area contributed by atoms with Crippen LogP contribution in [0.1, 0.15) is 0 Å². The lowest BCUT2D eigenvalue weighted by atomic mass is 10.1. The predicted molar refractivity (Wildman–Crippen MR) is 109 cm³/mol. The van der Waals surface area contributed by atoms with Crippen molar-refractivity contribution in [2.24, 2.45) is 0 Å². The lowest BCUT2D eigenvalue weighted by molar-refractivity contribution is 0.585. The van der Waals surface area contributed by atoms with Gasteiger partial charge in [-0.05, 0) is 24.3 Å². The molecule has 1 aromatic heterocycles. The molecule has 0 saturated carbocycles. The zero-order valence-electron chi connectivity index (χ0n) is 14.8. The van der Waals surface area contributed by atoms with E-state index in [1.54, 1.807) is 12.1 Å². The molecule has 0 unspecified atom stereocenters. The summed E-state index contributed by atoms with van der Waals surface area (Å²) in [5, 5.41) is 1.95. The first-order valence-electron chi connectivity index (χ1n) is 8.72. The van der Waals surface area contributed by atoms with Crippen molar-refractivity contribution in [1.29, 1.82) is 0 Å². The minimum atomic E-state index is -3.12. The van der Waals surface area contributed by atoms with Crippen LogP contribution < -0.4 is 15.9 Å². The van der Waals surface area contributed by atoms with Gasteiger partial charge in [0.1, 0.15) is 11.6 Å². The Morgan fingerprint density at radius 3 is 1.79 bits per heavy atom. The van der Waals surface area contributed by atoms with E-state index in [-0.39, 0.29) is 5.56 Å². The Labute approximate surface area is 161 Å². The maximum Gasteiger partial charge on any atom is 0.172 e. The lowest BCUT2D eigenvalue weighted by Gasteiger charge is -2.19. The number of benzene rings is 3. The van der Waals surface area contributed by atoms with Gasteiger partial charge in [-0.2, -0.15) is 0 Å². The van der Waals surface area contributed by atoms with E-state index in [1.165, 1.54) is 18.3 Å². The SMILES string of the molecule is O=P(c1ccccc1)(c1ccccc1)c1ccc(-c2ccc(F)cc2F)nc1. The molecule has 0 atom stereocenters. The Hall–Kier alpha value is -3.10. The van der Waals surface area contributed by atoms with Crippen molar-refractivity contribution in [2.45, 2.75) is 0 Å². The van der Waals surface area contributed by atoms with Gasteiger partial charge in [-0.25, -0.2) is 8.78 Å². The molecule has 0 amide bonds. The molecule has 0 spiro atoms. The first kappa shape index (κ1) is 18.3. The van der Waals surface area contributed by atoms with Crippen LogP contribution in [0.3, 0.4) is 0 Å². The van der Waals surface area contributed by atoms with Crippen LogP contribution in [0.5, 0.6) is 0 Å². The molecule has 0 saturated heterocycles. The molecule has 0 bridgehead atoms. The summed E-state index contributed by atoms with van der Waals surface area (Å²) in [5.74, 6) is -1.33. The van der Waals surface area contributed by atoms with E-state index in [4.69, 9.17) is 0 Å². The average Bonchev–Trinajstić information content (AvgIpc) is 2.75. The fourth-order valence-electron chi connectivity index (χ4n) is 3.15. The van der Waals surface area contributed by atoms with Crippen LogP contribution in [0.15, 0.2) is 97.2 Å². The van der Waals surface area contributed by atoms with E-state index < -0.39 is 18.8 Å². The summed E-state index contributed by atoms with van der Waals surface area (Å²) in [4.78, 5) is 4.32. The van der Waals surface area contributed by atoms with Gasteiger partial charge >= 0.3 is 0 Å². The van der Waals surface area contributed by atoms with Crippen LogP contribution in [0.25, 0.3) is 11.3 Å². The zero-order valence-corrected chi connectivity index (χ0v) is 15.7. The fourth-order valence-corrected chi connectivity index (χ4v) is 5.74. The molecule has 0 aliphatic heterocycles. The third-order valence-electron chi connectivity index (χ3n) is 4.56. The summed E-state index contributed by atoms with van der Waals surface area (Å²) in [7, 11) is -3.12. The molecule has 4 aromatic rings. The number of halogens is 2. The van der Waals surface area contributed by atoms with Crippen molar-refractivity contribution >= 4 is 23.1 Å². The van der Waals surface area contributed by atoms with Gasteiger partial charge in [0, 0.05) is 33.7 Å². The van der Waals surface area contributed by atoms with Crippen LogP contribution >= 0.6 is 7.14 Å². The summed E-state index contributed by atoms with van der Waals surface area (Å²) in [6.45, 7) is 0. The summed E-state index contributed by atoms with van der Waals surface area (Å²) < 4.78 is 41.4. The normalized spacial score (nSPS) is 11.4. The third kappa shape index (κ3) is 3.28. The van der Waals surface area contributed by atoms with Crippen LogP contribution in [-0.4, -0.2) is 4.98 Å². The van der Waals surface area contributed by atoms with E-state index >= 15 is 0 Å². The summed E-state index contributed by atoms with van der Waals surface area (Å²) in [6, 6.07) is 25.1. The van der Waals surface area contributed by atoms with Gasteiger partial charge in [0.25, 0.3) is 0 Å². The van der Waals surface area contributed by atoms with Crippen molar-refractivity contribution in [3.05, 3.63) is 109 Å². The minimum absolute atomic E-state index is 0.196. The number of hydrogen-bond acceptors (Lipinski definition) is 2. The van der Waals surface area contributed by atoms with Gasteiger partial charge in [-0.1, -0.05) is 60.7 Å². The monoisotopic (exact) mass is 391 g/mol. The largest absolute Gasteiger partial charge is 0.309 e. The molecule has 2 nitrogen and oxygen atoms in total. The molecule has 4 rings (SSSR count). The smallest absolute Gasteiger partial charge is 0.172 e. The van der Waals surface area contributed by atoms with Crippen molar-refractivity contribution in [3.63, 3.8) is 0 Å². The zero-order chi connectivity index (χ0) is 19.6. The van der Waals surface area contributed by atoms with Crippen LogP contribution in [0, 0.1) is 11.6 Å². The van der Waals surface area contributed by atoms with Crippen molar-refractivity contribution in [1.82, 2.24) is 4.98 Å². The second-order valence-electron chi connectivity index (χ2n) is 6.31. The third-order valence-corrected chi connectivity index (χ3v) is 7.60. The summed E-state index contributed by atoms with van der Waals surface area (Å²) >= 11 is 0. The molecule has 138 valence electrons.